The van der Waals surface area contributed by atoms with E-state index in [0.29, 0.717) is 70.1 Å². The highest BCUT2D eigenvalue weighted by atomic mass is 35.5. The van der Waals surface area contributed by atoms with E-state index in [1.54, 1.807) is 0 Å². The highest BCUT2D eigenvalue weighted by Crippen LogP contribution is 2.45. The Morgan fingerprint density at radius 1 is 0.379 bits per heavy atom. The molecule has 0 aliphatic rings. The second kappa shape index (κ2) is 12.0. The van der Waals surface area contributed by atoms with Gasteiger partial charge in [0.05, 0.1) is 50.2 Å². The Bertz CT molecular complexity index is 781. The summed E-state index contributed by atoms with van der Waals surface area (Å²) in [5, 5.41) is 2.23. The maximum atomic E-state index is 6.22. The number of benzene rings is 2. The van der Waals surface area contributed by atoms with E-state index >= 15 is 0 Å². The average Bonchev–Trinajstić information content (AvgIpc) is 2.71. The van der Waals surface area contributed by atoms with Gasteiger partial charge in [0.2, 0.25) is 0 Å². The Morgan fingerprint density at radius 3 is 0.897 bits per heavy atom. The van der Waals surface area contributed by atoms with E-state index < -0.39 is 0 Å². The van der Waals surface area contributed by atoms with Crippen molar-refractivity contribution in [1.82, 2.24) is 0 Å². The molecule has 160 valence electrons. The van der Waals surface area contributed by atoms with Crippen LogP contribution < -0.4 is 0 Å². The van der Waals surface area contributed by atoms with Gasteiger partial charge in [-0.05, 0) is 36.8 Å². The van der Waals surface area contributed by atoms with Gasteiger partial charge in [0.15, 0.2) is 0 Å². The summed E-state index contributed by atoms with van der Waals surface area (Å²) in [5.41, 5.74) is 1.28. The summed E-state index contributed by atoms with van der Waals surface area (Å²) < 4.78 is 5.65. The topological polar surface area (TPSA) is 9.23 Å². The lowest BCUT2D eigenvalue weighted by Gasteiger charge is -2.13. The van der Waals surface area contributed by atoms with Gasteiger partial charge in [0.1, 0.15) is 0 Å². The summed E-state index contributed by atoms with van der Waals surface area (Å²) in [4.78, 5) is 0. The van der Waals surface area contributed by atoms with E-state index in [1.165, 1.54) is 0 Å². The standard InChI is InChI=1S/C18H12Cl10O/c19-9-7(10(20)14(24)17(27)13(9)23)3-1-5-29-6-2-4-8-11(21)15(25)18(28)16(26)12(8)22/h1-6H2. The first kappa shape index (κ1) is 26.6. The quantitative estimate of drug-likeness (QED) is 0.167. The number of rotatable bonds is 8. The van der Waals surface area contributed by atoms with Crippen LogP contribution in [0.25, 0.3) is 0 Å². The average molecular weight is 599 g/mol. The van der Waals surface area contributed by atoms with Gasteiger partial charge < -0.3 is 4.74 Å². The Kier molecular flexibility index (Phi) is 10.9. The number of hydrogen-bond acceptors (Lipinski definition) is 1. The maximum absolute atomic E-state index is 6.22. The van der Waals surface area contributed by atoms with Gasteiger partial charge in [-0.2, -0.15) is 0 Å². The van der Waals surface area contributed by atoms with Gasteiger partial charge in [0, 0.05) is 13.2 Å². The third kappa shape index (κ3) is 6.21. The summed E-state index contributed by atoms with van der Waals surface area (Å²) in [5.74, 6) is 0. The normalized spacial score (nSPS) is 11.4. The first-order valence-corrected chi connectivity index (χ1v) is 12.0. The molecule has 11 heteroatoms. The van der Waals surface area contributed by atoms with Gasteiger partial charge in [-0.25, -0.2) is 0 Å². The van der Waals surface area contributed by atoms with Gasteiger partial charge in [-0.1, -0.05) is 116 Å². The van der Waals surface area contributed by atoms with Crippen molar-refractivity contribution in [2.75, 3.05) is 13.2 Å². The molecular weight excluding hydrogens is 587 g/mol. The van der Waals surface area contributed by atoms with Gasteiger partial charge in [0.25, 0.3) is 0 Å². The van der Waals surface area contributed by atoms with Crippen LogP contribution in [0.4, 0.5) is 0 Å². The molecule has 0 bridgehead atoms. The van der Waals surface area contributed by atoms with Crippen LogP contribution in [0.5, 0.6) is 0 Å². The minimum absolute atomic E-state index is 0.142. The van der Waals surface area contributed by atoms with E-state index in [4.69, 9.17) is 121 Å². The van der Waals surface area contributed by atoms with Crippen LogP contribution in [0, 0.1) is 0 Å². The van der Waals surface area contributed by atoms with Crippen LogP contribution >= 0.6 is 116 Å². The lowest BCUT2D eigenvalue weighted by Crippen LogP contribution is -2.02. The smallest absolute Gasteiger partial charge is 0.0809 e. The molecule has 0 saturated carbocycles. The fourth-order valence-corrected chi connectivity index (χ4v) is 5.28. The van der Waals surface area contributed by atoms with Crippen LogP contribution in [0.2, 0.25) is 50.2 Å². The summed E-state index contributed by atoms with van der Waals surface area (Å²) >= 11 is 61.1. The maximum Gasteiger partial charge on any atom is 0.0809 e. The molecule has 1 nitrogen and oxygen atoms in total. The summed E-state index contributed by atoms with van der Waals surface area (Å²) in [6.45, 7) is 0.961. The molecule has 0 saturated heterocycles. The van der Waals surface area contributed by atoms with Crippen molar-refractivity contribution in [1.29, 1.82) is 0 Å². The Morgan fingerprint density at radius 2 is 0.621 bits per heavy atom. The zero-order chi connectivity index (χ0) is 21.9. The van der Waals surface area contributed by atoms with Crippen LogP contribution in [0.1, 0.15) is 24.0 Å². The third-order valence-electron chi connectivity index (χ3n) is 4.03. The molecular formula is C18H12Cl10O. The first-order chi connectivity index (χ1) is 13.6. The monoisotopic (exact) mass is 594 g/mol. The number of halogens is 10. The zero-order valence-corrected chi connectivity index (χ0v) is 22.0. The molecule has 0 aliphatic carbocycles. The van der Waals surface area contributed by atoms with E-state index in [2.05, 4.69) is 0 Å². The first-order valence-electron chi connectivity index (χ1n) is 8.17. The molecule has 2 aromatic carbocycles. The predicted octanol–water partition coefficient (Wildman–Crippen LogP) is 10.8. The van der Waals surface area contributed by atoms with Crippen LogP contribution in [-0.2, 0) is 17.6 Å². The fourth-order valence-electron chi connectivity index (χ4n) is 2.54. The summed E-state index contributed by atoms with van der Waals surface area (Å²) in [7, 11) is 0. The Balaban J connectivity index is 1.84. The second-order valence-electron chi connectivity index (χ2n) is 5.92. The van der Waals surface area contributed by atoms with Crippen LogP contribution in [-0.4, -0.2) is 13.2 Å². The van der Waals surface area contributed by atoms with E-state index in [-0.39, 0.29) is 30.1 Å². The van der Waals surface area contributed by atoms with Crippen LogP contribution in [0.15, 0.2) is 0 Å². The summed E-state index contributed by atoms with van der Waals surface area (Å²) in [6.07, 6.45) is 2.39. The van der Waals surface area contributed by atoms with E-state index in [1.807, 2.05) is 0 Å². The highest BCUT2D eigenvalue weighted by molar-refractivity contribution is 6.56. The molecule has 2 rings (SSSR count). The van der Waals surface area contributed by atoms with Crippen molar-refractivity contribution < 1.29 is 4.74 Å². The molecule has 0 fully saturated rings. The van der Waals surface area contributed by atoms with E-state index in [0.717, 1.165) is 0 Å². The third-order valence-corrected chi connectivity index (χ3v) is 8.74. The SMILES string of the molecule is Clc1c(Cl)c(Cl)c(CCCOCCCc2c(Cl)c(Cl)c(Cl)c(Cl)c2Cl)c(Cl)c1Cl. The fraction of sp³-hybridized carbons (Fsp3) is 0.333. The van der Waals surface area contributed by atoms with Crippen molar-refractivity contribution in [3.63, 3.8) is 0 Å². The molecule has 0 atom stereocenters. The van der Waals surface area contributed by atoms with Crippen molar-refractivity contribution >= 4 is 116 Å². The van der Waals surface area contributed by atoms with Crippen molar-refractivity contribution in [3.05, 3.63) is 61.4 Å². The second-order valence-corrected chi connectivity index (χ2v) is 9.70. The Hall–Kier alpha value is 1.30. The largest absolute Gasteiger partial charge is 0.381 e. The molecule has 0 aliphatic heterocycles. The molecule has 29 heavy (non-hydrogen) atoms. The lowest BCUT2D eigenvalue weighted by molar-refractivity contribution is 0.130. The highest BCUT2D eigenvalue weighted by Gasteiger charge is 2.20. The molecule has 0 aromatic heterocycles. The molecule has 0 radical (unpaired) electrons. The van der Waals surface area contributed by atoms with Gasteiger partial charge in [-0.3, -0.25) is 0 Å². The van der Waals surface area contributed by atoms with E-state index in [9.17, 15) is 0 Å². The molecule has 2 aromatic rings. The molecule has 0 N–H and O–H groups in total. The molecule has 0 heterocycles. The minimum Gasteiger partial charge on any atom is -0.381 e. The Labute approximate surface area is 219 Å². The summed E-state index contributed by atoms with van der Waals surface area (Å²) in [6, 6.07) is 0. The van der Waals surface area contributed by atoms with Crippen molar-refractivity contribution in [3.8, 4) is 0 Å². The van der Waals surface area contributed by atoms with Crippen molar-refractivity contribution in [2.45, 2.75) is 25.7 Å². The van der Waals surface area contributed by atoms with Crippen molar-refractivity contribution in [2.24, 2.45) is 0 Å². The number of hydrogen-bond donors (Lipinski definition) is 0. The number of ether oxygens (including phenoxy) is 1. The molecule has 0 unspecified atom stereocenters. The van der Waals surface area contributed by atoms with Gasteiger partial charge in [-0.15, -0.1) is 0 Å². The van der Waals surface area contributed by atoms with Crippen LogP contribution in [0.3, 0.4) is 0 Å². The lowest BCUT2D eigenvalue weighted by atomic mass is 10.1. The zero-order valence-electron chi connectivity index (χ0n) is 14.4. The predicted molar refractivity (Wildman–Crippen MR) is 130 cm³/mol. The van der Waals surface area contributed by atoms with Gasteiger partial charge >= 0.3 is 0 Å². The minimum atomic E-state index is 0.142. The molecule has 0 amide bonds. The molecule has 0 spiro atoms.